The van der Waals surface area contributed by atoms with E-state index in [1.165, 1.54) is 51.4 Å². The van der Waals surface area contributed by atoms with Gasteiger partial charge in [-0.15, -0.1) is 0 Å². The molecule has 8 nitrogen and oxygen atoms in total. The Labute approximate surface area is 342 Å². The zero-order valence-corrected chi connectivity index (χ0v) is 36.2. The molecular formula is C47H80NO7P. The molecule has 0 aliphatic rings. The molecule has 0 rings (SSSR count). The zero-order chi connectivity index (χ0) is 40.9. The molecule has 0 aromatic carbocycles. The highest BCUT2D eigenvalue weighted by Crippen LogP contribution is 2.43. The molecule has 9 heteroatoms. The number of rotatable bonds is 40. The number of phosphoric ester groups is 1. The highest BCUT2D eigenvalue weighted by Gasteiger charge is 2.25. The average Bonchev–Trinajstić information content (AvgIpc) is 3.19. The molecule has 0 saturated carbocycles. The third-order valence-corrected chi connectivity index (χ3v) is 9.47. The van der Waals surface area contributed by atoms with Crippen LogP contribution >= 0.6 is 7.82 Å². The van der Waals surface area contributed by atoms with Crippen LogP contribution in [0.3, 0.4) is 0 Å². The minimum atomic E-state index is -4.30. The fraction of sp³-hybridized carbons (Fsp3) is 0.638. The number of hydrogen-bond donors (Lipinski definition) is 2. The molecule has 320 valence electrons. The maximum Gasteiger partial charge on any atom is 0.472 e. The van der Waals surface area contributed by atoms with Crippen molar-refractivity contribution < 1.29 is 32.8 Å². The van der Waals surface area contributed by atoms with Crippen LogP contribution in [0.4, 0.5) is 0 Å². The summed E-state index contributed by atoms with van der Waals surface area (Å²) in [5.41, 5.74) is 5.36. The second kappa shape index (κ2) is 43.5. The first kappa shape index (κ1) is 53.4. The fourth-order valence-electron chi connectivity index (χ4n) is 5.33. The Morgan fingerprint density at radius 2 is 1.00 bits per heavy atom. The Balaban J connectivity index is 4.17. The molecule has 3 N–H and O–H groups in total. The molecule has 0 amide bonds. The SMILES string of the molecule is CC/C=C\C/C=C\C/C=C\C/C=C\C/C=C\CCCC(=O)OC(COCCCCCCCCC/C=C\C/C=C\C/C=C\CCCCC)COP(=O)(O)OCCN. The number of unbranched alkanes of at least 4 members (excludes halogenated alkanes) is 11. The molecule has 56 heavy (non-hydrogen) atoms. The zero-order valence-electron chi connectivity index (χ0n) is 35.3. The van der Waals surface area contributed by atoms with Gasteiger partial charge in [-0.25, -0.2) is 4.57 Å². The molecule has 0 heterocycles. The number of carbonyl (C=O) groups excluding carboxylic acids is 1. The van der Waals surface area contributed by atoms with Crippen LogP contribution in [0.2, 0.25) is 0 Å². The summed E-state index contributed by atoms with van der Waals surface area (Å²) in [6, 6.07) is 0. The van der Waals surface area contributed by atoms with Crippen molar-refractivity contribution >= 4 is 13.8 Å². The van der Waals surface area contributed by atoms with Gasteiger partial charge in [0.2, 0.25) is 0 Å². The smallest absolute Gasteiger partial charge is 0.457 e. The molecule has 0 aromatic heterocycles. The third kappa shape index (κ3) is 42.6. The van der Waals surface area contributed by atoms with Crippen molar-refractivity contribution in [3.05, 3.63) is 97.2 Å². The number of carbonyl (C=O) groups is 1. The predicted molar refractivity (Wildman–Crippen MR) is 238 cm³/mol. The maximum atomic E-state index is 12.6. The number of allylic oxidation sites excluding steroid dienone is 16. The molecular weight excluding hydrogens is 721 g/mol. The molecule has 0 spiro atoms. The van der Waals surface area contributed by atoms with Crippen LogP contribution in [0.25, 0.3) is 0 Å². The van der Waals surface area contributed by atoms with Crippen molar-refractivity contribution in [3.8, 4) is 0 Å². The Morgan fingerprint density at radius 3 is 1.50 bits per heavy atom. The quantitative estimate of drug-likeness (QED) is 0.0272. The molecule has 0 aliphatic carbocycles. The molecule has 0 saturated heterocycles. The molecule has 2 unspecified atom stereocenters. The van der Waals surface area contributed by atoms with Crippen LogP contribution in [0.15, 0.2) is 97.2 Å². The van der Waals surface area contributed by atoms with Gasteiger partial charge < -0.3 is 20.1 Å². The molecule has 0 bridgehead atoms. The minimum Gasteiger partial charge on any atom is -0.457 e. The summed E-state index contributed by atoms with van der Waals surface area (Å²) in [5, 5.41) is 0. The van der Waals surface area contributed by atoms with Gasteiger partial charge in [0.05, 0.1) is 19.8 Å². The summed E-state index contributed by atoms with van der Waals surface area (Å²) in [7, 11) is -4.30. The fourth-order valence-corrected chi connectivity index (χ4v) is 6.10. The van der Waals surface area contributed by atoms with E-state index in [1.807, 2.05) is 0 Å². The van der Waals surface area contributed by atoms with Crippen LogP contribution in [0.5, 0.6) is 0 Å². The minimum absolute atomic E-state index is 0.0802. The largest absolute Gasteiger partial charge is 0.472 e. The number of nitrogens with two attached hydrogens (primary N) is 1. The lowest BCUT2D eigenvalue weighted by atomic mass is 10.1. The summed E-state index contributed by atoms with van der Waals surface area (Å²) < 4.78 is 33.4. The third-order valence-electron chi connectivity index (χ3n) is 8.49. The Morgan fingerprint density at radius 1 is 0.554 bits per heavy atom. The highest BCUT2D eigenvalue weighted by atomic mass is 31.2. The van der Waals surface area contributed by atoms with Crippen molar-refractivity contribution in [2.45, 2.75) is 161 Å². The second-order valence-corrected chi connectivity index (χ2v) is 15.3. The van der Waals surface area contributed by atoms with Gasteiger partial charge in [-0.05, 0) is 89.9 Å². The first-order chi connectivity index (χ1) is 27.4. The maximum absolute atomic E-state index is 12.6. The first-order valence-electron chi connectivity index (χ1n) is 21.7. The van der Waals surface area contributed by atoms with E-state index in [0.29, 0.717) is 13.0 Å². The van der Waals surface area contributed by atoms with E-state index in [4.69, 9.17) is 24.3 Å². The van der Waals surface area contributed by atoms with Gasteiger partial charge in [-0.2, -0.15) is 0 Å². The summed E-state index contributed by atoms with van der Waals surface area (Å²) in [4.78, 5) is 22.5. The lowest BCUT2D eigenvalue weighted by molar-refractivity contribution is -0.154. The van der Waals surface area contributed by atoms with Gasteiger partial charge in [0.25, 0.3) is 0 Å². The van der Waals surface area contributed by atoms with E-state index in [1.54, 1.807) is 0 Å². The summed E-state index contributed by atoms with van der Waals surface area (Å²) in [6.07, 6.45) is 57.2. The van der Waals surface area contributed by atoms with Crippen molar-refractivity contribution in [2.24, 2.45) is 5.73 Å². The van der Waals surface area contributed by atoms with Crippen LogP contribution < -0.4 is 5.73 Å². The van der Waals surface area contributed by atoms with Crippen LogP contribution in [-0.4, -0.2) is 49.9 Å². The Hall–Kier alpha value is -2.58. The molecule has 0 aromatic rings. The van der Waals surface area contributed by atoms with Crippen molar-refractivity contribution in [3.63, 3.8) is 0 Å². The second-order valence-electron chi connectivity index (χ2n) is 13.8. The standard InChI is InChI=1S/C47H80NO7P/c1-3-5-7-9-11-13-15-17-19-21-22-23-25-27-29-31-33-35-37-39-42-52-44-46(45-54-56(50,51)53-43-41-48)55-47(49)40-38-36-34-32-30-28-26-24-20-18-16-14-12-10-8-6-4-2/h6,8,11-14,17-20,22-23,26,28,32,34,46H,3-5,7,9-10,15-16,21,24-25,27,29-31,33,35-45,48H2,1-2H3,(H,50,51)/b8-6-,13-11-,14-12-,19-17-,20-18-,23-22-,28-26-,34-32-. The van der Waals surface area contributed by atoms with E-state index < -0.39 is 19.9 Å². The van der Waals surface area contributed by atoms with Crippen molar-refractivity contribution in [2.75, 3.05) is 33.0 Å². The Bertz CT molecular complexity index is 1170. The summed E-state index contributed by atoms with van der Waals surface area (Å²) >= 11 is 0. The van der Waals surface area contributed by atoms with Gasteiger partial charge >= 0.3 is 13.8 Å². The first-order valence-corrected chi connectivity index (χ1v) is 23.2. The predicted octanol–water partition coefficient (Wildman–Crippen LogP) is 13.1. The molecule has 0 aliphatic heterocycles. The van der Waals surface area contributed by atoms with Crippen LogP contribution in [-0.2, 0) is 27.9 Å². The van der Waals surface area contributed by atoms with Gasteiger partial charge in [-0.3, -0.25) is 13.8 Å². The number of hydrogen-bond acceptors (Lipinski definition) is 7. The molecule has 2 atom stereocenters. The van der Waals surface area contributed by atoms with Crippen LogP contribution in [0.1, 0.15) is 155 Å². The van der Waals surface area contributed by atoms with Gasteiger partial charge in [0.1, 0.15) is 6.10 Å². The van der Waals surface area contributed by atoms with Crippen LogP contribution in [0, 0.1) is 0 Å². The normalized spacial score (nSPS) is 14.4. The van der Waals surface area contributed by atoms with E-state index in [2.05, 4.69) is 111 Å². The lowest BCUT2D eigenvalue weighted by Gasteiger charge is -2.20. The van der Waals surface area contributed by atoms with E-state index in [-0.39, 0.29) is 32.8 Å². The summed E-state index contributed by atoms with van der Waals surface area (Å²) in [6.45, 7) is 4.65. The van der Waals surface area contributed by atoms with Gasteiger partial charge in [0.15, 0.2) is 0 Å². The van der Waals surface area contributed by atoms with E-state index in [0.717, 1.165) is 77.0 Å². The van der Waals surface area contributed by atoms with E-state index in [9.17, 15) is 14.3 Å². The van der Waals surface area contributed by atoms with Gasteiger partial charge in [-0.1, -0.05) is 156 Å². The summed E-state index contributed by atoms with van der Waals surface area (Å²) in [5.74, 6) is -0.394. The molecule has 0 radical (unpaired) electrons. The Kier molecular flexibility index (Phi) is 41.5. The number of phosphoric acid groups is 1. The monoisotopic (exact) mass is 802 g/mol. The topological polar surface area (TPSA) is 117 Å². The highest BCUT2D eigenvalue weighted by molar-refractivity contribution is 7.47. The number of ether oxygens (including phenoxy) is 2. The van der Waals surface area contributed by atoms with Crippen molar-refractivity contribution in [1.29, 1.82) is 0 Å². The van der Waals surface area contributed by atoms with Gasteiger partial charge in [0, 0.05) is 19.6 Å². The van der Waals surface area contributed by atoms with Crippen molar-refractivity contribution in [1.82, 2.24) is 0 Å². The number of esters is 1. The van der Waals surface area contributed by atoms with E-state index >= 15 is 0 Å². The lowest BCUT2D eigenvalue weighted by Crippen LogP contribution is -2.28. The molecule has 0 fully saturated rings. The average molecular weight is 802 g/mol.